The molecule has 0 fully saturated rings. The van der Waals surface area contributed by atoms with Crippen LogP contribution in [0.4, 0.5) is 0 Å². The van der Waals surface area contributed by atoms with Crippen LogP contribution < -0.4 is 4.74 Å². The summed E-state index contributed by atoms with van der Waals surface area (Å²) in [5.41, 5.74) is 1.96. The van der Waals surface area contributed by atoms with E-state index in [4.69, 9.17) is 9.47 Å². The topological polar surface area (TPSA) is 59.3 Å². The number of hydrogen-bond acceptors (Lipinski definition) is 6. The van der Waals surface area contributed by atoms with Crippen LogP contribution in [0.25, 0.3) is 11.1 Å². The van der Waals surface area contributed by atoms with E-state index in [0.717, 1.165) is 15.5 Å². The number of hydrogen-bond donors (Lipinski definition) is 0. The lowest BCUT2D eigenvalue weighted by molar-refractivity contribution is 0.0533. The predicted octanol–water partition coefficient (Wildman–Crippen LogP) is 4.19. The number of methoxy groups -OCH3 is 1. The molecule has 0 atom stereocenters. The molecule has 1 aromatic carbocycles. The SMILES string of the molecule is CCOC(=O)c1sc(SC)c(C#N)c1-c1ccc(OC)cc1. The van der Waals surface area contributed by atoms with E-state index in [9.17, 15) is 10.1 Å². The lowest BCUT2D eigenvalue weighted by Crippen LogP contribution is -2.04. The fraction of sp³-hybridized carbons (Fsp3) is 0.250. The summed E-state index contributed by atoms with van der Waals surface area (Å²) in [4.78, 5) is 12.7. The van der Waals surface area contributed by atoms with Crippen molar-refractivity contribution in [3.05, 3.63) is 34.7 Å². The molecule has 0 N–H and O–H groups in total. The highest BCUT2D eigenvalue weighted by Crippen LogP contribution is 2.41. The summed E-state index contributed by atoms with van der Waals surface area (Å²) in [6, 6.07) is 9.51. The number of carbonyl (C=O) groups excluding carboxylic acids is 1. The van der Waals surface area contributed by atoms with Gasteiger partial charge in [-0.1, -0.05) is 12.1 Å². The summed E-state index contributed by atoms with van der Waals surface area (Å²) in [7, 11) is 1.59. The third-order valence-electron chi connectivity index (χ3n) is 3.01. The van der Waals surface area contributed by atoms with Crippen molar-refractivity contribution in [1.82, 2.24) is 0 Å². The van der Waals surface area contributed by atoms with E-state index in [1.807, 2.05) is 30.5 Å². The van der Waals surface area contributed by atoms with Gasteiger partial charge in [-0.15, -0.1) is 23.1 Å². The first-order valence-corrected chi connectivity index (χ1v) is 8.62. The van der Waals surface area contributed by atoms with Gasteiger partial charge in [-0.25, -0.2) is 4.79 Å². The van der Waals surface area contributed by atoms with E-state index in [-0.39, 0.29) is 0 Å². The van der Waals surface area contributed by atoms with E-state index >= 15 is 0 Å². The van der Waals surface area contributed by atoms with Gasteiger partial charge in [0, 0.05) is 5.56 Å². The maximum Gasteiger partial charge on any atom is 0.349 e. The van der Waals surface area contributed by atoms with E-state index in [1.165, 1.54) is 23.1 Å². The number of ether oxygens (including phenoxy) is 2. The number of nitrogens with zero attached hydrogens (tertiary/aromatic N) is 1. The van der Waals surface area contributed by atoms with Gasteiger partial charge in [-0.2, -0.15) is 5.26 Å². The molecule has 114 valence electrons. The lowest BCUT2D eigenvalue weighted by Gasteiger charge is -2.06. The quantitative estimate of drug-likeness (QED) is 0.606. The molecular formula is C16H15NO3S2. The van der Waals surface area contributed by atoms with Crippen LogP contribution in [0.15, 0.2) is 28.5 Å². The Morgan fingerprint density at radius 2 is 2.05 bits per heavy atom. The van der Waals surface area contributed by atoms with E-state index in [0.29, 0.717) is 22.6 Å². The molecule has 2 rings (SSSR count). The molecule has 0 spiro atoms. The molecular weight excluding hydrogens is 318 g/mol. The van der Waals surface area contributed by atoms with Crippen molar-refractivity contribution in [2.45, 2.75) is 11.1 Å². The Hall–Kier alpha value is -1.97. The first-order valence-electron chi connectivity index (χ1n) is 6.58. The van der Waals surface area contributed by atoms with Crippen molar-refractivity contribution in [1.29, 1.82) is 5.26 Å². The summed E-state index contributed by atoms with van der Waals surface area (Å²) in [6.07, 6.45) is 1.89. The van der Waals surface area contributed by atoms with Gasteiger partial charge in [0.15, 0.2) is 0 Å². The highest BCUT2D eigenvalue weighted by Gasteiger charge is 2.24. The Bertz CT molecular complexity index is 714. The van der Waals surface area contributed by atoms with Crippen LogP contribution in [0.3, 0.4) is 0 Å². The molecule has 6 heteroatoms. The fourth-order valence-corrected chi connectivity index (χ4v) is 3.86. The molecule has 2 aromatic rings. The number of nitriles is 1. The van der Waals surface area contributed by atoms with E-state index in [2.05, 4.69) is 6.07 Å². The molecule has 22 heavy (non-hydrogen) atoms. The van der Waals surface area contributed by atoms with Gasteiger partial charge >= 0.3 is 5.97 Å². The molecule has 0 bridgehead atoms. The summed E-state index contributed by atoms with van der Waals surface area (Å²) >= 11 is 2.75. The molecule has 0 saturated carbocycles. The maximum absolute atomic E-state index is 12.2. The van der Waals surface area contributed by atoms with Gasteiger partial charge in [0.2, 0.25) is 0 Å². The zero-order chi connectivity index (χ0) is 16.1. The van der Waals surface area contributed by atoms with Crippen LogP contribution in [0.2, 0.25) is 0 Å². The zero-order valence-corrected chi connectivity index (χ0v) is 14.1. The minimum absolute atomic E-state index is 0.301. The van der Waals surface area contributed by atoms with Crippen molar-refractivity contribution in [2.24, 2.45) is 0 Å². The Morgan fingerprint density at radius 1 is 1.36 bits per heavy atom. The van der Waals surface area contributed by atoms with Crippen LogP contribution >= 0.6 is 23.1 Å². The number of benzene rings is 1. The first kappa shape index (κ1) is 16.4. The van der Waals surface area contributed by atoms with Gasteiger partial charge in [-0.05, 0) is 30.9 Å². The largest absolute Gasteiger partial charge is 0.497 e. The predicted molar refractivity (Wildman–Crippen MR) is 88.8 cm³/mol. The van der Waals surface area contributed by atoms with Crippen molar-refractivity contribution < 1.29 is 14.3 Å². The minimum Gasteiger partial charge on any atom is -0.497 e. The molecule has 0 unspecified atom stereocenters. The summed E-state index contributed by atoms with van der Waals surface area (Å²) in [6.45, 7) is 2.06. The molecule has 0 radical (unpaired) electrons. The number of thioether (sulfide) groups is 1. The number of rotatable bonds is 5. The third kappa shape index (κ3) is 3.11. The van der Waals surface area contributed by atoms with Crippen LogP contribution in [0.1, 0.15) is 22.2 Å². The van der Waals surface area contributed by atoms with Crippen molar-refractivity contribution in [3.63, 3.8) is 0 Å². The minimum atomic E-state index is -0.393. The molecule has 0 aliphatic rings. The molecule has 0 aliphatic heterocycles. The van der Waals surface area contributed by atoms with Crippen LogP contribution in [0.5, 0.6) is 5.75 Å². The summed E-state index contributed by atoms with van der Waals surface area (Å²) < 4.78 is 11.1. The van der Waals surface area contributed by atoms with Crippen LogP contribution in [-0.4, -0.2) is 25.9 Å². The second-order valence-corrected chi connectivity index (χ2v) is 6.33. The molecule has 0 aliphatic carbocycles. The monoisotopic (exact) mass is 333 g/mol. The second kappa shape index (κ2) is 7.34. The van der Waals surface area contributed by atoms with Crippen LogP contribution in [-0.2, 0) is 4.74 Å². The normalized spacial score (nSPS) is 10.1. The number of carbonyl (C=O) groups is 1. The van der Waals surface area contributed by atoms with Gasteiger partial charge in [0.25, 0.3) is 0 Å². The molecule has 1 heterocycles. The van der Waals surface area contributed by atoms with Crippen molar-refractivity contribution >= 4 is 29.1 Å². The third-order valence-corrected chi connectivity index (χ3v) is 5.30. The van der Waals surface area contributed by atoms with Gasteiger partial charge in [0.05, 0.1) is 23.5 Å². The van der Waals surface area contributed by atoms with Gasteiger partial charge < -0.3 is 9.47 Å². The highest BCUT2D eigenvalue weighted by molar-refractivity contribution is 8.00. The molecule has 0 amide bonds. The number of esters is 1. The second-order valence-electron chi connectivity index (χ2n) is 4.23. The number of thiophene rings is 1. The Morgan fingerprint density at radius 3 is 2.55 bits per heavy atom. The first-order chi connectivity index (χ1) is 10.7. The van der Waals surface area contributed by atoms with Gasteiger partial charge in [0.1, 0.15) is 16.7 Å². The average molecular weight is 333 g/mol. The standard InChI is InChI=1S/C16H15NO3S2/c1-4-20-15(18)14-13(12(9-17)16(21-3)22-14)10-5-7-11(19-2)8-6-10/h5-8H,4H2,1-3H3. The van der Waals surface area contributed by atoms with Crippen molar-refractivity contribution in [2.75, 3.05) is 20.0 Å². The molecule has 1 aromatic heterocycles. The summed E-state index contributed by atoms with van der Waals surface area (Å²) in [5.74, 6) is 0.329. The van der Waals surface area contributed by atoms with Crippen molar-refractivity contribution in [3.8, 4) is 22.9 Å². The van der Waals surface area contributed by atoms with E-state index in [1.54, 1.807) is 14.0 Å². The molecule has 0 saturated heterocycles. The summed E-state index contributed by atoms with van der Waals surface area (Å²) in [5, 5.41) is 9.48. The lowest BCUT2D eigenvalue weighted by atomic mass is 10.0. The highest BCUT2D eigenvalue weighted by atomic mass is 32.2. The van der Waals surface area contributed by atoms with Crippen LogP contribution in [0, 0.1) is 11.3 Å². The van der Waals surface area contributed by atoms with E-state index < -0.39 is 5.97 Å². The Kier molecular flexibility index (Phi) is 5.47. The smallest absolute Gasteiger partial charge is 0.349 e. The van der Waals surface area contributed by atoms with Gasteiger partial charge in [-0.3, -0.25) is 0 Å². The Balaban J connectivity index is 2.62. The molecule has 4 nitrogen and oxygen atoms in total. The maximum atomic E-state index is 12.2. The average Bonchev–Trinajstić information content (AvgIpc) is 2.93. The fourth-order valence-electron chi connectivity index (χ4n) is 2.03. The Labute approximate surface area is 137 Å². The zero-order valence-electron chi connectivity index (χ0n) is 12.5.